The molecule has 1 aromatic rings. The predicted molar refractivity (Wildman–Crippen MR) is 85.8 cm³/mol. The van der Waals surface area contributed by atoms with Crippen LogP contribution in [0.2, 0.25) is 0 Å². The summed E-state index contributed by atoms with van der Waals surface area (Å²) in [6, 6.07) is 0. The van der Waals surface area contributed by atoms with Crippen LogP contribution < -0.4 is 11.2 Å². The number of aliphatic hydroxyl groups excluding tert-OH is 1. The third kappa shape index (κ3) is 3.76. The zero-order valence-electron chi connectivity index (χ0n) is 14.2. The van der Waals surface area contributed by atoms with E-state index >= 15 is 0 Å². The fourth-order valence-electron chi connectivity index (χ4n) is 2.60. The number of nitrogens with zero attached hydrogens (tertiary/aromatic N) is 1. The minimum absolute atomic E-state index is 0.202. The third-order valence-corrected chi connectivity index (χ3v) is 6.00. The van der Waals surface area contributed by atoms with Crippen LogP contribution in [0.5, 0.6) is 0 Å². The second-order valence-corrected chi connectivity index (χ2v) is 9.81. The molecule has 11 heteroatoms. The Morgan fingerprint density at radius 1 is 1.44 bits per heavy atom. The first-order chi connectivity index (χ1) is 11.4. The smallest absolute Gasteiger partial charge is 0.330 e. The number of aliphatic hydroxyl groups is 1. The van der Waals surface area contributed by atoms with Crippen molar-refractivity contribution in [2.45, 2.75) is 43.5 Å². The summed E-state index contributed by atoms with van der Waals surface area (Å²) >= 11 is 0. The SMILES string of the molecule is CO[C@@H]1[C@H](O)[C@@H](CC(F)(F)P(C)(C)=O)O[C@H]1n1cc(C)c(=O)[nH]c1=O. The van der Waals surface area contributed by atoms with Gasteiger partial charge in [-0.2, -0.15) is 8.78 Å². The Hall–Kier alpha value is -1.35. The van der Waals surface area contributed by atoms with Gasteiger partial charge in [0.15, 0.2) is 6.23 Å². The van der Waals surface area contributed by atoms with Crippen molar-refractivity contribution >= 4 is 7.14 Å². The van der Waals surface area contributed by atoms with Gasteiger partial charge in [-0.25, -0.2) is 4.79 Å². The molecule has 0 aromatic carbocycles. The van der Waals surface area contributed by atoms with Crippen LogP contribution in [-0.2, 0) is 14.0 Å². The summed E-state index contributed by atoms with van der Waals surface area (Å²) in [4.78, 5) is 25.5. The van der Waals surface area contributed by atoms with E-state index in [1.54, 1.807) is 0 Å². The minimum atomic E-state index is -3.77. The first-order valence-corrected chi connectivity index (χ1v) is 10.1. The molecule has 0 bridgehead atoms. The molecule has 0 radical (unpaired) electrons. The summed E-state index contributed by atoms with van der Waals surface area (Å²) < 4.78 is 51.5. The van der Waals surface area contributed by atoms with Gasteiger partial charge in [-0.1, -0.05) is 0 Å². The number of aryl methyl sites for hydroxylation is 1. The first-order valence-electron chi connectivity index (χ1n) is 7.50. The molecule has 8 nitrogen and oxygen atoms in total. The molecule has 0 spiro atoms. The zero-order valence-corrected chi connectivity index (χ0v) is 15.1. The first kappa shape index (κ1) is 20.0. The Kier molecular flexibility index (Phi) is 5.39. The van der Waals surface area contributed by atoms with E-state index in [2.05, 4.69) is 4.98 Å². The highest BCUT2D eigenvalue weighted by molar-refractivity contribution is 7.63. The second kappa shape index (κ2) is 6.75. The molecule has 0 unspecified atom stereocenters. The number of aromatic nitrogens is 2. The highest BCUT2D eigenvalue weighted by Gasteiger charge is 2.52. The van der Waals surface area contributed by atoms with Gasteiger partial charge < -0.3 is 19.1 Å². The van der Waals surface area contributed by atoms with Gasteiger partial charge in [-0.05, 0) is 20.3 Å². The maximum atomic E-state index is 14.1. The molecule has 2 heterocycles. The summed E-state index contributed by atoms with van der Waals surface area (Å²) in [5, 5.41) is 10.3. The van der Waals surface area contributed by atoms with Crippen molar-refractivity contribution in [3.8, 4) is 0 Å². The second-order valence-electron chi connectivity index (χ2n) is 6.46. The van der Waals surface area contributed by atoms with Crippen molar-refractivity contribution in [1.29, 1.82) is 0 Å². The summed E-state index contributed by atoms with van der Waals surface area (Å²) in [6.45, 7) is 3.36. The summed E-state index contributed by atoms with van der Waals surface area (Å²) in [7, 11) is -2.54. The number of methoxy groups -OCH3 is 1. The van der Waals surface area contributed by atoms with Gasteiger partial charge in [0.05, 0.1) is 6.10 Å². The van der Waals surface area contributed by atoms with Crippen LogP contribution in [-0.4, -0.2) is 59.1 Å². The lowest BCUT2D eigenvalue weighted by Crippen LogP contribution is -2.39. The number of nitrogens with one attached hydrogen (secondary N) is 1. The topological polar surface area (TPSA) is 111 Å². The lowest BCUT2D eigenvalue weighted by atomic mass is 10.1. The number of hydrogen-bond donors (Lipinski definition) is 2. The molecule has 0 saturated carbocycles. The van der Waals surface area contributed by atoms with E-state index in [0.717, 1.165) is 17.9 Å². The van der Waals surface area contributed by atoms with Gasteiger partial charge in [0.2, 0.25) is 0 Å². The van der Waals surface area contributed by atoms with Gasteiger partial charge >= 0.3 is 5.69 Å². The molecule has 0 aliphatic carbocycles. The highest BCUT2D eigenvalue weighted by Crippen LogP contribution is 2.57. The maximum Gasteiger partial charge on any atom is 0.330 e. The Morgan fingerprint density at radius 3 is 2.56 bits per heavy atom. The Bertz CT molecular complexity index is 801. The molecular formula is C14H21F2N2O6P. The van der Waals surface area contributed by atoms with Crippen molar-refractivity contribution < 1.29 is 27.9 Å². The number of alkyl halides is 2. The van der Waals surface area contributed by atoms with Gasteiger partial charge in [0, 0.05) is 25.3 Å². The summed E-state index contributed by atoms with van der Waals surface area (Å²) in [6.07, 6.45) is -4.96. The molecule has 2 N–H and O–H groups in total. The van der Waals surface area contributed by atoms with Crippen LogP contribution in [0.15, 0.2) is 15.8 Å². The van der Waals surface area contributed by atoms with Crippen molar-refractivity contribution in [2.24, 2.45) is 0 Å². The standard InChI is InChI=1S/C14H21F2N2O6P/c1-7-6-18(13(21)17-11(7)20)12-10(23-2)9(19)8(24-12)5-14(15,16)25(3,4)22/h6,8-10,12,19H,5H2,1-4H3,(H,17,20,21)/t8-,9-,10-,12-/m1/s1. The van der Waals surface area contributed by atoms with E-state index in [1.165, 1.54) is 20.2 Å². The lowest BCUT2D eigenvalue weighted by molar-refractivity contribution is -0.0702. The van der Waals surface area contributed by atoms with Crippen LogP contribution in [0.25, 0.3) is 0 Å². The molecule has 142 valence electrons. The molecular weight excluding hydrogens is 361 g/mol. The van der Waals surface area contributed by atoms with Crippen LogP contribution in [0, 0.1) is 6.92 Å². The molecule has 1 saturated heterocycles. The fourth-order valence-corrected chi connectivity index (χ4v) is 3.22. The van der Waals surface area contributed by atoms with E-state index in [9.17, 15) is 28.0 Å². The molecule has 4 atom stereocenters. The van der Waals surface area contributed by atoms with Crippen LogP contribution in [0.1, 0.15) is 18.2 Å². The lowest BCUT2D eigenvalue weighted by Gasteiger charge is -2.25. The van der Waals surface area contributed by atoms with Crippen LogP contribution in [0.4, 0.5) is 8.78 Å². The quantitative estimate of drug-likeness (QED) is 0.727. The Morgan fingerprint density at radius 2 is 2.04 bits per heavy atom. The van der Waals surface area contributed by atoms with Crippen molar-refractivity contribution in [2.75, 3.05) is 20.4 Å². The highest BCUT2D eigenvalue weighted by atomic mass is 31.2. The Labute approximate surface area is 142 Å². The van der Waals surface area contributed by atoms with Gasteiger partial charge in [-0.15, -0.1) is 0 Å². The van der Waals surface area contributed by atoms with E-state index in [1.807, 2.05) is 0 Å². The molecule has 0 amide bonds. The van der Waals surface area contributed by atoms with Gasteiger partial charge in [0.25, 0.3) is 11.2 Å². The molecule has 1 aliphatic heterocycles. The summed E-state index contributed by atoms with van der Waals surface area (Å²) in [5.74, 6) is 0. The minimum Gasteiger partial charge on any atom is -0.388 e. The van der Waals surface area contributed by atoms with E-state index in [-0.39, 0.29) is 5.56 Å². The molecule has 25 heavy (non-hydrogen) atoms. The van der Waals surface area contributed by atoms with E-state index < -0.39 is 55.0 Å². The van der Waals surface area contributed by atoms with Crippen LogP contribution >= 0.6 is 7.14 Å². The predicted octanol–water partition coefficient (Wildman–Crippen LogP) is 0.724. The normalized spacial score (nSPS) is 27.6. The average molecular weight is 382 g/mol. The molecule has 1 aromatic heterocycles. The number of ether oxygens (including phenoxy) is 2. The number of H-pyrrole nitrogens is 1. The van der Waals surface area contributed by atoms with Gasteiger partial charge in [0.1, 0.15) is 19.3 Å². The average Bonchev–Trinajstić information content (AvgIpc) is 2.77. The number of aromatic amines is 1. The van der Waals surface area contributed by atoms with E-state index in [0.29, 0.717) is 0 Å². The molecule has 2 rings (SSSR count). The number of halogens is 2. The van der Waals surface area contributed by atoms with Crippen LogP contribution in [0.3, 0.4) is 0 Å². The van der Waals surface area contributed by atoms with E-state index in [4.69, 9.17) is 9.47 Å². The van der Waals surface area contributed by atoms with Crippen molar-refractivity contribution in [1.82, 2.24) is 9.55 Å². The summed E-state index contributed by atoms with van der Waals surface area (Å²) in [5.41, 5.74) is -4.75. The Balaban J connectivity index is 2.37. The van der Waals surface area contributed by atoms with Gasteiger partial charge in [-0.3, -0.25) is 14.3 Å². The monoisotopic (exact) mass is 382 g/mol. The third-order valence-electron chi connectivity index (χ3n) is 4.24. The zero-order chi connectivity index (χ0) is 19.2. The van der Waals surface area contributed by atoms with Crippen molar-refractivity contribution in [3.63, 3.8) is 0 Å². The number of hydrogen-bond acceptors (Lipinski definition) is 6. The largest absolute Gasteiger partial charge is 0.388 e. The van der Waals surface area contributed by atoms with Crippen molar-refractivity contribution in [3.05, 3.63) is 32.6 Å². The molecule has 1 fully saturated rings. The number of rotatable bonds is 5. The maximum absolute atomic E-state index is 14.1. The molecule has 1 aliphatic rings. The fraction of sp³-hybridized carbons (Fsp3) is 0.714.